The van der Waals surface area contributed by atoms with Crippen molar-refractivity contribution in [2.24, 2.45) is 0 Å². The van der Waals surface area contributed by atoms with Gasteiger partial charge in [0.2, 0.25) is 0 Å². The first-order valence-corrected chi connectivity index (χ1v) is 6.35. The topological polar surface area (TPSA) is 115 Å². The monoisotopic (exact) mass is 299 g/mol. The average Bonchev–Trinajstić information content (AvgIpc) is 2.47. The fourth-order valence-electron chi connectivity index (χ4n) is 1.86. The van der Waals surface area contributed by atoms with E-state index >= 15 is 0 Å². The smallest absolute Gasteiger partial charge is 0.292 e. The number of hydrogen-bond donors (Lipinski definition) is 2. The van der Waals surface area contributed by atoms with Crippen molar-refractivity contribution in [1.82, 2.24) is 0 Å². The van der Waals surface area contributed by atoms with Crippen molar-refractivity contribution in [2.45, 2.75) is 6.92 Å². The molecule has 0 aliphatic heterocycles. The van der Waals surface area contributed by atoms with Gasteiger partial charge < -0.3 is 11.1 Å². The number of nitrogens with two attached hydrogens (primary N) is 1. The molecule has 0 spiro atoms. The molecule has 0 saturated carbocycles. The van der Waals surface area contributed by atoms with Crippen LogP contribution in [0.1, 0.15) is 27.6 Å². The molecule has 2 aromatic carbocycles. The van der Waals surface area contributed by atoms with Crippen LogP contribution in [0.25, 0.3) is 0 Å². The average molecular weight is 299 g/mol. The number of nitro groups is 1. The second-order valence-corrected chi connectivity index (χ2v) is 4.62. The molecule has 0 unspecified atom stereocenters. The quantitative estimate of drug-likeness (QED) is 0.389. The van der Waals surface area contributed by atoms with E-state index in [4.69, 9.17) is 5.73 Å². The first kappa shape index (κ1) is 15.2. The van der Waals surface area contributed by atoms with Gasteiger partial charge in [0.05, 0.1) is 4.92 Å². The van der Waals surface area contributed by atoms with Gasteiger partial charge in [-0.3, -0.25) is 19.7 Å². The molecule has 7 heteroatoms. The third-order valence-electron chi connectivity index (χ3n) is 3.02. The number of nitrogens with zero attached hydrogens (tertiary/aromatic N) is 1. The highest BCUT2D eigenvalue weighted by atomic mass is 16.6. The van der Waals surface area contributed by atoms with Gasteiger partial charge in [0.15, 0.2) is 5.78 Å². The molecule has 0 bridgehead atoms. The molecular weight excluding hydrogens is 286 g/mol. The minimum absolute atomic E-state index is 0.0138. The molecule has 1 amide bonds. The number of rotatable bonds is 4. The predicted octanol–water partition coefficient (Wildman–Crippen LogP) is 2.63. The number of carbonyl (C=O) groups excluding carboxylic acids is 2. The molecule has 22 heavy (non-hydrogen) atoms. The van der Waals surface area contributed by atoms with E-state index in [0.29, 0.717) is 11.3 Å². The van der Waals surface area contributed by atoms with Crippen LogP contribution in [0.15, 0.2) is 42.5 Å². The number of Topliss-reactive ketones (excluding diaryl/α,β-unsaturated/α-hetero) is 1. The Morgan fingerprint density at radius 2 is 1.86 bits per heavy atom. The van der Waals surface area contributed by atoms with Crippen LogP contribution in [0.2, 0.25) is 0 Å². The van der Waals surface area contributed by atoms with E-state index in [1.54, 1.807) is 18.2 Å². The van der Waals surface area contributed by atoms with E-state index in [2.05, 4.69) is 5.32 Å². The maximum Gasteiger partial charge on any atom is 0.292 e. The van der Waals surface area contributed by atoms with Crippen molar-refractivity contribution < 1.29 is 14.5 Å². The number of amides is 1. The second kappa shape index (κ2) is 6.04. The van der Waals surface area contributed by atoms with Crippen molar-refractivity contribution in [2.75, 3.05) is 11.1 Å². The summed E-state index contributed by atoms with van der Waals surface area (Å²) in [5.41, 5.74) is 6.14. The Bertz CT molecular complexity index is 771. The highest BCUT2D eigenvalue weighted by Gasteiger charge is 2.16. The van der Waals surface area contributed by atoms with Gasteiger partial charge >= 0.3 is 0 Å². The Labute approximate surface area is 125 Å². The van der Waals surface area contributed by atoms with Crippen molar-refractivity contribution in [3.8, 4) is 0 Å². The summed E-state index contributed by atoms with van der Waals surface area (Å²) in [6.07, 6.45) is 0. The first-order valence-electron chi connectivity index (χ1n) is 6.35. The van der Waals surface area contributed by atoms with E-state index in [1.165, 1.54) is 25.1 Å². The molecule has 0 fully saturated rings. The lowest BCUT2D eigenvalue weighted by Crippen LogP contribution is -2.13. The lowest BCUT2D eigenvalue weighted by atomic mass is 10.1. The normalized spacial score (nSPS) is 10.0. The number of ketones is 1. The van der Waals surface area contributed by atoms with E-state index in [1.807, 2.05) is 0 Å². The van der Waals surface area contributed by atoms with E-state index in [-0.39, 0.29) is 22.7 Å². The van der Waals surface area contributed by atoms with E-state index in [0.717, 1.165) is 6.07 Å². The zero-order valence-corrected chi connectivity index (χ0v) is 11.7. The largest absolute Gasteiger partial charge is 0.393 e. The maximum atomic E-state index is 12.1. The molecule has 0 radical (unpaired) electrons. The third-order valence-corrected chi connectivity index (χ3v) is 3.02. The van der Waals surface area contributed by atoms with Crippen LogP contribution >= 0.6 is 0 Å². The SMILES string of the molecule is CC(=O)c1cccc(NC(=O)c2ccc(N)c([N+](=O)[O-])c2)c1. The maximum absolute atomic E-state index is 12.1. The van der Waals surface area contributed by atoms with Gasteiger partial charge in [-0.15, -0.1) is 0 Å². The number of benzene rings is 2. The van der Waals surface area contributed by atoms with Crippen molar-refractivity contribution >= 4 is 28.8 Å². The van der Waals surface area contributed by atoms with E-state index < -0.39 is 10.8 Å². The van der Waals surface area contributed by atoms with Crippen LogP contribution in [0.3, 0.4) is 0 Å². The Morgan fingerprint density at radius 3 is 2.50 bits per heavy atom. The van der Waals surface area contributed by atoms with Crippen LogP contribution in [0.4, 0.5) is 17.1 Å². The Hall–Kier alpha value is -3.22. The molecule has 2 rings (SSSR count). The summed E-state index contributed by atoms with van der Waals surface area (Å²) in [5.74, 6) is -0.650. The molecule has 7 nitrogen and oxygen atoms in total. The molecule has 0 atom stereocenters. The number of nitro benzene ring substituents is 1. The number of nitrogen functional groups attached to an aromatic ring is 1. The van der Waals surface area contributed by atoms with Gasteiger partial charge in [0, 0.05) is 22.9 Å². The molecule has 0 aromatic heterocycles. The summed E-state index contributed by atoms with van der Waals surface area (Å²) in [5, 5.41) is 13.4. The second-order valence-electron chi connectivity index (χ2n) is 4.62. The van der Waals surface area contributed by atoms with Gasteiger partial charge in [-0.2, -0.15) is 0 Å². The minimum atomic E-state index is -0.650. The van der Waals surface area contributed by atoms with Crippen LogP contribution < -0.4 is 11.1 Å². The lowest BCUT2D eigenvalue weighted by Gasteiger charge is -2.07. The summed E-state index contributed by atoms with van der Waals surface area (Å²) >= 11 is 0. The fourth-order valence-corrected chi connectivity index (χ4v) is 1.86. The Kier molecular flexibility index (Phi) is 4.17. The number of hydrogen-bond acceptors (Lipinski definition) is 5. The summed E-state index contributed by atoms with van der Waals surface area (Å²) in [7, 11) is 0. The minimum Gasteiger partial charge on any atom is -0.393 e. The third kappa shape index (κ3) is 3.26. The van der Waals surface area contributed by atoms with Crippen LogP contribution in [-0.2, 0) is 0 Å². The standard InChI is InChI=1S/C15H13N3O4/c1-9(19)10-3-2-4-12(7-10)17-15(20)11-5-6-13(16)14(8-11)18(21)22/h2-8H,16H2,1H3,(H,17,20). The molecule has 112 valence electrons. The molecule has 2 aromatic rings. The van der Waals surface area contributed by atoms with Gasteiger partial charge in [-0.25, -0.2) is 0 Å². The summed E-state index contributed by atoms with van der Waals surface area (Å²) in [4.78, 5) is 33.6. The Balaban J connectivity index is 2.26. The molecule has 0 aliphatic carbocycles. The Morgan fingerprint density at radius 1 is 1.14 bits per heavy atom. The van der Waals surface area contributed by atoms with Crippen LogP contribution in [-0.4, -0.2) is 16.6 Å². The first-order chi connectivity index (χ1) is 10.4. The summed E-state index contributed by atoms with van der Waals surface area (Å²) in [6.45, 7) is 1.42. The predicted molar refractivity (Wildman–Crippen MR) is 81.9 cm³/mol. The zero-order valence-electron chi connectivity index (χ0n) is 11.7. The zero-order chi connectivity index (χ0) is 16.3. The molecule has 3 N–H and O–H groups in total. The number of carbonyl (C=O) groups is 2. The van der Waals surface area contributed by atoms with E-state index in [9.17, 15) is 19.7 Å². The number of nitrogens with one attached hydrogen (secondary N) is 1. The van der Waals surface area contributed by atoms with Gasteiger partial charge in [-0.1, -0.05) is 12.1 Å². The molecular formula is C15H13N3O4. The van der Waals surface area contributed by atoms with Crippen LogP contribution in [0, 0.1) is 10.1 Å². The van der Waals surface area contributed by atoms with Crippen molar-refractivity contribution in [1.29, 1.82) is 0 Å². The van der Waals surface area contributed by atoms with Gasteiger partial charge in [-0.05, 0) is 31.2 Å². The van der Waals surface area contributed by atoms with Gasteiger partial charge in [0.25, 0.3) is 11.6 Å². The molecule has 0 aliphatic rings. The summed E-state index contributed by atoms with van der Waals surface area (Å²) < 4.78 is 0. The molecule has 0 saturated heterocycles. The van der Waals surface area contributed by atoms with Gasteiger partial charge in [0.1, 0.15) is 5.69 Å². The highest BCUT2D eigenvalue weighted by Crippen LogP contribution is 2.23. The fraction of sp³-hybridized carbons (Fsp3) is 0.0667. The highest BCUT2D eigenvalue weighted by molar-refractivity contribution is 6.05. The van der Waals surface area contributed by atoms with Crippen molar-refractivity contribution in [3.63, 3.8) is 0 Å². The van der Waals surface area contributed by atoms with Crippen molar-refractivity contribution in [3.05, 3.63) is 63.7 Å². The van der Waals surface area contributed by atoms with Crippen LogP contribution in [0.5, 0.6) is 0 Å². The lowest BCUT2D eigenvalue weighted by molar-refractivity contribution is -0.383. The summed E-state index contributed by atoms with van der Waals surface area (Å²) in [6, 6.07) is 10.2. The number of anilines is 2. The molecule has 0 heterocycles.